The first kappa shape index (κ1) is 21.0. The zero-order valence-electron chi connectivity index (χ0n) is 16.6. The molecule has 0 atom stereocenters. The fraction of sp³-hybridized carbons (Fsp3) is 0.545. The molecule has 3 rings (SSSR count). The van der Waals surface area contributed by atoms with Crippen LogP contribution in [0.1, 0.15) is 72.9 Å². The maximum Gasteiger partial charge on any atom is 0.321 e. The number of aryl methyl sites for hydroxylation is 2. The predicted octanol–water partition coefficient (Wildman–Crippen LogP) is 2.84. The number of benzene rings is 1. The second-order valence-electron chi connectivity index (χ2n) is 7.78. The number of carbonyl (C=O) groups excluding carboxylic acids is 4. The number of esters is 1. The van der Waals surface area contributed by atoms with Crippen molar-refractivity contribution in [3.05, 3.63) is 34.9 Å². The van der Waals surface area contributed by atoms with Crippen LogP contribution in [-0.2, 0) is 27.2 Å². The molecule has 0 bridgehead atoms. The smallest absolute Gasteiger partial charge is 0.321 e. The normalized spacial score (nSPS) is 16.0. The second-order valence-corrected chi connectivity index (χ2v) is 7.78. The number of ether oxygens (including phenoxy) is 1. The first-order chi connectivity index (χ1) is 14.0. The van der Waals surface area contributed by atoms with Gasteiger partial charge >= 0.3 is 12.0 Å². The fourth-order valence-corrected chi connectivity index (χ4v) is 3.95. The van der Waals surface area contributed by atoms with Crippen LogP contribution in [0.25, 0.3) is 0 Å². The first-order valence-electron chi connectivity index (χ1n) is 10.4. The van der Waals surface area contributed by atoms with Crippen molar-refractivity contribution in [2.75, 3.05) is 6.61 Å². The molecule has 0 aromatic heterocycles. The van der Waals surface area contributed by atoms with Crippen molar-refractivity contribution in [3.63, 3.8) is 0 Å². The van der Waals surface area contributed by atoms with Gasteiger partial charge in [-0.3, -0.25) is 19.7 Å². The molecule has 7 heteroatoms. The van der Waals surface area contributed by atoms with E-state index in [4.69, 9.17) is 4.74 Å². The average molecular weight is 400 g/mol. The summed E-state index contributed by atoms with van der Waals surface area (Å²) in [5.41, 5.74) is 3.11. The lowest BCUT2D eigenvalue weighted by atomic mass is 9.96. The number of hydrogen-bond acceptors (Lipinski definition) is 5. The fourth-order valence-electron chi connectivity index (χ4n) is 3.95. The molecule has 1 aromatic rings. The molecule has 2 aliphatic rings. The Bertz CT molecular complexity index is 783. The van der Waals surface area contributed by atoms with Crippen LogP contribution < -0.4 is 10.6 Å². The minimum atomic E-state index is -0.684. The Kier molecular flexibility index (Phi) is 7.38. The first-order valence-corrected chi connectivity index (χ1v) is 10.4. The van der Waals surface area contributed by atoms with Crippen LogP contribution in [0.4, 0.5) is 4.79 Å². The van der Waals surface area contributed by atoms with Gasteiger partial charge in [0.25, 0.3) is 5.91 Å². The van der Waals surface area contributed by atoms with E-state index in [0.717, 1.165) is 44.9 Å². The molecule has 156 valence electrons. The van der Waals surface area contributed by atoms with Gasteiger partial charge in [0.1, 0.15) is 0 Å². The summed E-state index contributed by atoms with van der Waals surface area (Å²) in [7, 11) is 0. The lowest BCUT2D eigenvalue weighted by Gasteiger charge is -2.22. The number of hydrogen-bond donors (Lipinski definition) is 2. The number of ketones is 1. The number of nitrogens with one attached hydrogen (secondary N) is 2. The van der Waals surface area contributed by atoms with Gasteiger partial charge in [-0.2, -0.15) is 0 Å². The largest absolute Gasteiger partial charge is 0.456 e. The Morgan fingerprint density at radius 3 is 2.48 bits per heavy atom. The summed E-state index contributed by atoms with van der Waals surface area (Å²) in [5, 5.41) is 4.92. The minimum Gasteiger partial charge on any atom is -0.456 e. The van der Waals surface area contributed by atoms with Crippen LogP contribution in [0.15, 0.2) is 18.2 Å². The topological polar surface area (TPSA) is 102 Å². The number of carbonyl (C=O) groups is 4. The van der Waals surface area contributed by atoms with E-state index < -0.39 is 24.5 Å². The van der Waals surface area contributed by atoms with E-state index in [0.29, 0.717) is 5.56 Å². The van der Waals surface area contributed by atoms with Gasteiger partial charge in [-0.25, -0.2) is 4.79 Å². The predicted molar refractivity (Wildman–Crippen MR) is 107 cm³/mol. The maximum atomic E-state index is 12.3. The summed E-state index contributed by atoms with van der Waals surface area (Å²) in [5.74, 6) is -1.44. The van der Waals surface area contributed by atoms with Crippen molar-refractivity contribution in [1.29, 1.82) is 0 Å². The van der Waals surface area contributed by atoms with Gasteiger partial charge in [0, 0.05) is 18.0 Å². The van der Waals surface area contributed by atoms with Crippen LogP contribution in [0.3, 0.4) is 0 Å². The molecule has 2 aliphatic carbocycles. The van der Waals surface area contributed by atoms with E-state index in [1.54, 1.807) is 6.07 Å². The Hall–Kier alpha value is -2.70. The third kappa shape index (κ3) is 6.41. The molecule has 1 aromatic carbocycles. The molecule has 0 unspecified atom stereocenters. The zero-order chi connectivity index (χ0) is 20.6. The summed E-state index contributed by atoms with van der Waals surface area (Å²) in [6.45, 7) is -0.538. The molecular formula is C22H28N2O5. The molecule has 0 heterocycles. The lowest BCUT2D eigenvalue weighted by Crippen LogP contribution is -2.46. The van der Waals surface area contributed by atoms with Crippen LogP contribution in [0.2, 0.25) is 0 Å². The van der Waals surface area contributed by atoms with Gasteiger partial charge in [0.2, 0.25) is 0 Å². The quantitative estimate of drug-likeness (QED) is 0.541. The van der Waals surface area contributed by atoms with E-state index in [-0.39, 0.29) is 24.7 Å². The molecule has 0 spiro atoms. The molecule has 7 nitrogen and oxygen atoms in total. The molecule has 0 radical (unpaired) electrons. The van der Waals surface area contributed by atoms with E-state index in [2.05, 4.69) is 10.6 Å². The summed E-state index contributed by atoms with van der Waals surface area (Å²) in [6, 6.07) is 5.22. The SMILES string of the molecule is O=C(COC(=O)CCC(=O)c1ccc2c(c1)CCC2)NC(=O)NC1CCCCC1. The minimum absolute atomic E-state index is 0.0292. The van der Waals surface area contributed by atoms with Crippen molar-refractivity contribution in [2.24, 2.45) is 0 Å². The van der Waals surface area contributed by atoms with Gasteiger partial charge < -0.3 is 10.1 Å². The summed E-state index contributed by atoms with van der Waals surface area (Å²) < 4.78 is 4.87. The molecule has 0 saturated heterocycles. The highest BCUT2D eigenvalue weighted by Crippen LogP contribution is 2.23. The van der Waals surface area contributed by atoms with Crippen molar-refractivity contribution in [2.45, 2.75) is 70.3 Å². The molecule has 3 amide bonds. The van der Waals surface area contributed by atoms with E-state index in [1.807, 2.05) is 12.1 Å². The highest BCUT2D eigenvalue weighted by Gasteiger charge is 2.18. The Morgan fingerprint density at radius 1 is 0.931 bits per heavy atom. The van der Waals surface area contributed by atoms with Crippen LogP contribution in [0, 0.1) is 0 Å². The highest BCUT2D eigenvalue weighted by atomic mass is 16.5. The zero-order valence-corrected chi connectivity index (χ0v) is 16.6. The second kappa shape index (κ2) is 10.2. The van der Waals surface area contributed by atoms with Crippen LogP contribution in [0.5, 0.6) is 0 Å². The van der Waals surface area contributed by atoms with E-state index >= 15 is 0 Å². The lowest BCUT2D eigenvalue weighted by molar-refractivity contribution is -0.148. The maximum absolute atomic E-state index is 12.3. The monoisotopic (exact) mass is 400 g/mol. The van der Waals surface area contributed by atoms with Gasteiger partial charge in [-0.05, 0) is 49.3 Å². The van der Waals surface area contributed by atoms with Gasteiger partial charge in [0.05, 0.1) is 6.42 Å². The third-order valence-corrected chi connectivity index (χ3v) is 5.53. The van der Waals surface area contributed by atoms with Crippen molar-refractivity contribution in [1.82, 2.24) is 10.6 Å². The molecular weight excluding hydrogens is 372 g/mol. The van der Waals surface area contributed by atoms with Gasteiger partial charge in [-0.15, -0.1) is 0 Å². The van der Waals surface area contributed by atoms with Crippen molar-refractivity contribution >= 4 is 23.7 Å². The number of amides is 3. The number of fused-ring (bicyclic) bond motifs is 1. The summed E-state index contributed by atoms with van der Waals surface area (Å²) in [4.78, 5) is 47.6. The van der Waals surface area contributed by atoms with Crippen molar-refractivity contribution in [3.8, 4) is 0 Å². The number of Topliss-reactive ketones (excluding diaryl/α,β-unsaturated/α-hetero) is 1. The standard InChI is InChI=1S/C22H28N2O5/c25-19(17-10-9-15-5-4-6-16(15)13-17)11-12-21(27)29-14-20(26)24-22(28)23-18-7-2-1-3-8-18/h9-10,13,18H,1-8,11-12,14H2,(H2,23,24,26,28). The number of urea groups is 1. The average Bonchev–Trinajstić information content (AvgIpc) is 3.19. The number of imide groups is 1. The Morgan fingerprint density at radius 2 is 1.69 bits per heavy atom. The number of rotatable bonds is 7. The van der Waals surface area contributed by atoms with E-state index in [1.165, 1.54) is 17.5 Å². The van der Waals surface area contributed by atoms with Crippen LogP contribution >= 0.6 is 0 Å². The highest BCUT2D eigenvalue weighted by molar-refractivity contribution is 5.98. The van der Waals surface area contributed by atoms with Gasteiger partial charge in [-0.1, -0.05) is 31.4 Å². The van der Waals surface area contributed by atoms with E-state index in [9.17, 15) is 19.2 Å². The third-order valence-electron chi connectivity index (χ3n) is 5.53. The molecule has 1 saturated carbocycles. The molecule has 2 N–H and O–H groups in total. The molecule has 29 heavy (non-hydrogen) atoms. The summed E-state index contributed by atoms with van der Waals surface area (Å²) >= 11 is 0. The summed E-state index contributed by atoms with van der Waals surface area (Å²) in [6.07, 6.45) is 8.21. The van der Waals surface area contributed by atoms with Gasteiger partial charge in [0.15, 0.2) is 12.4 Å². The van der Waals surface area contributed by atoms with Crippen LogP contribution in [-0.4, -0.2) is 36.3 Å². The Labute approximate surface area is 170 Å². The Balaban J connectivity index is 1.33. The van der Waals surface area contributed by atoms with Crippen molar-refractivity contribution < 1.29 is 23.9 Å². The molecule has 1 fully saturated rings. The molecule has 0 aliphatic heterocycles.